The third-order valence-electron chi connectivity index (χ3n) is 2.48. The van der Waals surface area contributed by atoms with E-state index in [0.717, 1.165) is 11.3 Å². The van der Waals surface area contributed by atoms with Crippen LogP contribution < -0.4 is 10.5 Å². The molecule has 94 valence electrons. The highest BCUT2D eigenvalue weighted by molar-refractivity contribution is 5.84. The van der Waals surface area contributed by atoms with E-state index >= 15 is 0 Å². The molecule has 0 unspecified atom stereocenters. The van der Waals surface area contributed by atoms with Gasteiger partial charge in [0, 0.05) is 13.6 Å². The minimum absolute atomic E-state index is 0.0756. The summed E-state index contributed by atoms with van der Waals surface area (Å²) in [7, 11) is 3.38. The number of ether oxygens (including phenoxy) is 1. The maximum absolute atomic E-state index is 11.9. The smallest absolute Gasteiger partial charge is 0.242 e. The minimum Gasteiger partial charge on any atom is -0.497 e. The predicted octanol–water partition coefficient (Wildman–Crippen LogP) is 1.39. The van der Waals surface area contributed by atoms with Crippen LogP contribution in [0.2, 0.25) is 0 Å². The first-order valence-corrected chi connectivity index (χ1v) is 5.52. The van der Waals surface area contributed by atoms with Gasteiger partial charge in [-0.3, -0.25) is 4.79 Å². The Labute approximate surface area is 102 Å². The zero-order chi connectivity index (χ0) is 13.1. The maximum atomic E-state index is 11.9. The van der Waals surface area contributed by atoms with Gasteiger partial charge in [0.15, 0.2) is 0 Å². The number of rotatable bonds is 4. The molecule has 0 heterocycles. The molecule has 17 heavy (non-hydrogen) atoms. The number of benzene rings is 1. The van der Waals surface area contributed by atoms with Crippen molar-refractivity contribution in [2.24, 2.45) is 5.73 Å². The molecule has 0 spiro atoms. The van der Waals surface area contributed by atoms with Crippen molar-refractivity contribution in [3.8, 4) is 5.75 Å². The van der Waals surface area contributed by atoms with Gasteiger partial charge in [0.2, 0.25) is 5.91 Å². The highest BCUT2D eigenvalue weighted by atomic mass is 16.5. The quantitative estimate of drug-likeness (QED) is 0.859. The normalized spacial score (nSPS) is 11.1. The van der Waals surface area contributed by atoms with Crippen LogP contribution in [0.15, 0.2) is 24.3 Å². The van der Waals surface area contributed by atoms with Crippen LogP contribution in [0.3, 0.4) is 0 Å². The third-order valence-corrected chi connectivity index (χ3v) is 2.48. The SMILES string of the molecule is COc1ccc(CN(C)C(=O)C(C)(C)N)cc1. The lowest BCUT2D eigenvalue weighted by molar-refractivity contribution is -0.134. The van der Waals surface area contributed by atoms with Crippen molar-refractivity contribution in [2.75, 3.05) is 14.2 Å². The number of hydrogen-bond acceptors (Lipinski definition) is 3. The summed E-state index contributed by atoms with van der Waals surface area (Å²) < 4.78 is 5.08. The fourth-order valence-corrected chi connectivity index (χ4v) is 1.57. The van der Waals surface area contributed by atoms with Crippen LogP contribution in [0.1, 0.15) is 19.4 Å². The number of carbonyl (C=O) groups is 1. The molecule has 0 bridgehead atoms. The maximum Gasteiger partial charge on any atom is 0.242 e. The molecule has 2 N–H and O–H groups in total. The first-order valence-electron chi connectivity index (χ1n) is 5.52. The van der Waals surface area contributed by atoms with E-state index in [1.807, 2.05) is 24.3 Å². The second-order valence-electron chi connectivity index (χ2n) is 4.73. The zero-order valence-electron chi connectivity index (χ0n) is 10.9. The van der Waals surface area contributed by atoms with Crippen molar-refractivity contribution in [3.05, 3.63) is 29.8 Å². The van der Waals surface area contributed by atoms with Gasteiger partial charge < -0.3 is 15.4 Å². The molecule has 1 rings (SSSR count). The van der Waals surface area contributed by atoms with Crippen molar-refractivity contribution in [3.63, 3.8) is 0 Å². The van der Waals surface area contributed by atoms with Crippen LogP contribution >= 0.6 is 0 Å². The largest absolute Gasteiger partial charge is 0.497 e. The highest BCUT2D eigenvalue weighted by Crippen LogP contribution is 2.13. The number of likely N-dealkylation sites (N-methyl/N-ethyl adjacent to an activating group) is 1. The molecule has 0 saturated carbocycles. The second kappa shape index (κ2) is 5.19. The Hall–Kier alpha value is -1.55. The van der Waals surface area contributed by atoms with E-state index in [9.17, 15) is 4.79 Å². The number of nitrogens with zero attached hydrogens (tertiary/aromatic N) is 1. The number of nitrogens with two attached hydrogens (primary N) is 1. The van der Waals surface area contributed by atoms with Crippen molar-refractivity contribution in [1.82, 2.24) is 4.90 Å². The van der Waals surface area contributed by atoms with E-state index in [4.69, 9.17) is 10.5 Å². The lowest BCUT2D eigenvalue weighted by Crippen LogP contribution is -2.49. The summed E-state index contributed by atoms with van der Waals surface area (Å²) in [6.07, 6.45) is 0. The van der Waals surface area contributed by atoms with Gasteiger partial charge in [0.25, 0.3) is 0 Å². The summed E-state index contributed by atoms with van der Waals surface area (Å²) in [6, 6.07) is 7.63. The van der Waals surface area contributed by atoms with Crippen molar-refractivity contribution >= 4 is 5.91 Å². The molecule has 0 aliphatic heterocycles. The van der Waals surface area contributed by atoms with Crippen LogP contribution in [-0.2, 0) is 11.3 Å². The summed E-state index contributed by atoms with van der Waals surface area (Å²) in [5.74, 6) is 0.732. The van der Waals surface area contributed by atoms with E-state index < -0.39 is 5.54 Å². The van der Waals surface area contributed by atoms with Gasteiger partial charge in [0.05, 0.1) is 12.6 Å². The highest BCUT2D eigenvalue weighted by Gasteiger charge is 2.25. The Balaban J connectivity index is 2.68. The molecule has 1 amide bonds. The van der Waals surface area contributed by atoms with Gasteiger partial charge >= 0.3 is 0 Å². The Morgan fingerprint density at radius 3 is 2.29 bits per heavy atom. The van der Waals surface area contributed by atoms with Gasteiger partial charge in [-0.15, -0.1) is 0 Å². The molecule has 1 aromatic carbocycles. The summed E-state index contributed by atoms with van der Waals surface area (Å²) in [6.45, 7) is 3.96. The lowest BCUT2D eigenvalue weighted by Gasteiger charge is -2.25. The Kier molecular flexibility index (Phi) is 4.12. The van der Waals surface area contributed by atoms with Crippen LogP contribution in [0.25, 0.3) is 0 Å². The molecule has 0 aromatic heterocycles. The van der Waals surface area contributed by atoms with Gasteiger partial charge in [-0.2, -0.15) is 0 Å². The van der Waals surface area contributed by atoms with E-state index in [-0.39, 0.29) is 5.91 Å². The summed E-state index contributed by atoms with van der Waals surface area (Å²) in [5, 5.41) is 0. The topological polar surface area (TPSA) is 55.6 Å². The van der Waals surface area contributed by atoms with Gasteiger partial charge in [-0.25, -0.2) is 0 Å². The van der Waals surface area contributed by atoms with Gasteiger partial charge in [0.1, 0.15) is 5.75 Å². The predicted molar refractivity (Wildman–Crippen MR) is 67.7 cm³/mol. The zero-order valence-corrected chi connectivity index (χ0v) is 10.9. The molecule has 4 heteroatoms. The van der Waals surface area contributed by atoms with E-state index in [2.05, 4.69) is 0 Å². The number of hydrogen-bond donors (Lipinski definition) is 1. The van der Waals surface area contributed by atoms with Crippen molar-refractivity contribution < 1.29 is 9.53 Å². The summed E-state index contributed by atoms with van der Waals surface area (Å²) in [5.41, 5.74) is 5.98. The molecular formula is C13H20N2O2. The Morgan fingerprint density at radius 1 is 1.35 bits per heavy atom. The van der Waals surface area contributed by atoms with Gasteiger partial charge in [-0.05, 0) is 31.5 Å². The molecule has 0 atom stereocenters. The minimum atomic E-state index is -0.832. The standard InChI is InChI=1S/C13H20N2O2/c1-13(2,14)12(16)15(3)9-10-5-7-11(17-4)8-6-10/h5-8H,9,14H2,1-4H3. The fraction of sp³-hybridized carbons (Fsp3) is 0.462. The molecule has 4 nitrogen and oxygen atoms in total. The van der Waals surface area contributed by atoms with E-state index in [1.54, 1.807) is 32.9 Å². The molecular weight excluding hydrogens is 216 g/mol. The third kappa shape index (κ3) is 3.75. The average molecular weight is 236 g/mol. The first-order chi connectivity index (χ1) is 7.84. The summed E-state index contributed by atoms with van der Waals surface area (Å²) in [4.78, 5) is 13.5. The van der Waals surface area contributed by atoms with E-state index in [0.29, 0.717) is 6.54 Å². The lowest BCUT2D eigenvalue weighted by atomic mass is 10.1. The van der Waals surface area contributed by atoms with Crippen LogP contribution in [0.5, 0.6) is 5.75 Å². The van der Waals surface area contributed by atoms with E-state index in [1.165, 1.54) is 0 Å². The molecule has 0 fully saturated rings. The van der Waals surface area contributed by atoms with Crippen molar-refractivity contribution in [1.29, 1.82) is 0 Å². The number of amides is 1. The van der Waals surface area contributed by atoms with Crippen LogP contribution in [-0.4, -0.2) is 30.5 Å². The molecule has 1 aromatic rings. The number of methoxy groups -OCH3 is 1. The fourth-order valence-electron chi connectivity index (χ4n) is 1.57. The Bertz CT molecular complexity index is 379. The monoisotopic (exact) mass is 236 g/mol. The summed E-state index contributed by atoms with van der Waals surface area (Å²) >= 11 is 0. The molecule has 0 aliphatic rings. The van der Waals surface area contributed by atoms with Gasteiger partial charge in [-0.1, -0.05) is 12.1 Å². The second-order valence-corrected chi connectivity index (χ2v) is 4.73. The Morgan fingerprint density at radius 2 is 1.88 bits per heavy atom. The van der Waals surface area contributed by atoms with Crippen LogP contribution in [0.4, 0.5) is 0 Å². The molecule has 0 aliphatic carbocycles. The molecule has 0 radical (unpaired) electrons. The average Bonchev–Trinajstić information content (AvgIpc) is 2.27. The first kappa shape index (κ1) is 13.5. The van der Waals surface area contributed by atoms with Crippen molar-refractivity contribution in [2.45, 2.75) is 25.9 Å². The molecule has 0 saturated heterocycles. The van der Waals surface area contributed by atoms with Crippen LogP contribution in [0, 0.1) is 0 Å². The number of carbonyl (C=O) groups excluding carboxylic acids is 1.